The molecule has 17 heavy (non-hydrogen) atoms. The second kappa shape index (κ2) is 3.11. The Morgan fingerprint density at radius 3 is 2.82 bits per heavy atom. The summed E-state index contributed by atoms with van der Waals surface area (Å²) in [6.45, 7) is 0. The third-order valence-corrected chi connectivity index (χ3v) is 4.52. The van der Waals surface area contributed by atoms with E-state index in [-0.39, 0.29) is 0 Å². The third-order valence-electron chi connectivity index (χ3n) is 4.52. The maximum Gasteiger partial charge on any atom is 0.0994 e. The maximum atomic E-state index is 9.30. The quantitative estimate of drug-likeness (QED) is 0.655. The second-order valence-electron chi connectivity index (χ2n) is 5.23. The number of fused-ring (bicyclic) bond motifs is 3. The molecule has 2 aromatic carbocycles. The van der Waals surface area contributed by atoms with E-state index in [4.69, 9.17) is 0 Å². The lowest BCUT2D eigenvalue weighted by atomic mass is 9.91. The van der Waals surface area contributed by atoms with E-state index in [0.29, 0.717) is 11.8 Å². The Morgan fingerprint density at radius 1 is 1.06 bits per heavy atom. The van der Waals surface area contributed by atoms with Crippen molar-refractivity contribution < 1.29 is 0 Å². The standard InChI is InChI=1S/C16H13N/c17-9-11-8-7-10-3-1-5-13-12-4-2-6-14(12)16(11)15(10)13/h1,3,5,7-8,12,14H,2,4,6H2/t12-,14-/m0/s1. The van der Waals surface area contributed by atoms with Crippen molar-refractivity contribution in [2.45, 2.75) is 31.1 Å². The molecule has 1 saturated carbocycles. The van der Waals surface area contributed by atoms with E-state index in [9.17, 15) is 5.26 Å². The first kappa shape index (κ1) is 9.24. The molecular weight excluding hydrogens is 206 g/mol. The number of benzene rings is 2. The molecule has 2 aliphatic carbocycles. The van der Waals surface area contributed by atoms with Crippen LogP contribution in [-0.2, 0) is 0 Å². The van der Waals surface area contributed by atoms with Crippen LogP contribution in [0.5, 0.6) is 0 Å². The van der Waals surface area contributed by atoms with Crippen molar-refractivity contribution in [2.24, 2.45) is 0 Å². The van der Waals surface area contributed by atoms with Crippen LogP contribution < -0.4 is 0 Å². The Morgan fingerprint density at radius 2 is 1.94 bits per heavy atom. The van der Waals surface area contributed by atoms with Crippen LogP contribution in [-0.4, -0.2) is 0 Å². The molecular formula is C16H13N. The highest BCUT2D eigenvalue weighted by molar-refractivity contribution is 5.94. The van der Waals surface area contributed by atoms with E-state index in [1.54, 1.807) is 0 Å². The molecule has 1 fully saturated rings. The van der Waals surface area contributed by atoms with Crippen LogP contribution in [0, 0.1) is 11.3 Å². The van der Waals surface area contributed by atoms with Crippen molar-refractivity contribution in [3.8, 4) is 6.07 Å². The zero-order chi connectivity index (χ0) is 11.4. The molecule has 2 aromatic rings. The van der Waals surface area contributed by atoms with Crippen LogP contribution in [0.15, 0.2) is 30.3 Å². The lowest BCUT2D eigenvalue weighted by molar-refractivity contribution is 0.654. The van der Waals surface area contributed by atoms with Gasteiger partial charge in [0.05, 0.1) is 11.6 Å². The highest BCUT2D eigenvalue weighted by atomic mass is 14.4. The van der Waals surface area contributed by atoms with Gasteiger partial charge < -0.3 is 0 Å². The SMILES string of the molecule is N#Cc1ccc2cccc3c2c1[C@H]1CCC[C@@H]31. The summed E-state index contributed by atoms with van der Waals surface area (Å²) in [5, 5.41) is 12.0. The minimum absolute atomic E-state index is 0.616. The molecule has 82 valence electrons. The van der Waals surface area contributed by atoms with Crippen LogP contribution in [0.4, 0.5) is 0 Å². The van der Waals surface area contributed by atoms with E-state index in [1.807, 2.05) is 6.07 Å². The Balaban J connectivity index is 2.17. The molecule has 0 saturated heterocycles. The predicted octanol–water partition coefficient (Wildman–Crippen LogP) is 4.08. The summed E-state index contributed by atoms with van der Waals surface area (Å²) in [5.41, 5.74) is 3.75. The molecule has 0 unspecified atom stereocenters. The normalized spacial score (nSPS) is 24.9. The highest BCUT2D eigenvalue weighted by Gasteiger charge is 2.38. The fourth-order valence-corrected chi connectivity index (χ4v) is 3.91. The van der Waals surface area contributed by atoms with Crippen LogP contribution in [0.2, 0.25) is 0 Å². The van der Waals surface area contributed by atoms with E-state index < -0.39 is 0 Å². The number of hydrogen-bond donors (Lipinski definition) is 0. The Labute approximate surface area is 101 Å². The van der Waals surface area contributed by atoms with Gasteiger partial charge in [-0.25, -0.2) is 0 Å². The molecule has 0 N–H and O–H groups in total. The summed E-state index contributed by atoms with van der Waals surface area (Å²) in [5.74, 6) is 1.30. The van der Waals surface area contributed by atoms with Gasteiger partial charge in [0, 0.05) is 0 Å². The van der Waals surface area contributed by atoms with E-state index >= 15 is 0 Å². The average Bonchev–Trinajstić information content (AvgIpc) is 2.94. The van der Waals surface area contributed by atoms with Crippen molar-refractivity contribution in [1.29, 1.82) is 5.26 Å². The Hall–Kier alpha value is -1.81. The van der Waals surface area contributed by atoms with Gasteiger partial charge in [0.1, 0.15) is 0 Å². The molecule has 0 amide bonds. The number of nitrogens with zero attached hydrogens (tertiary/aromatic N) is 1. The number of hydrogen-bond acceptors (Lipinski definition) is 1. The summed E-state index contributed by atoms with van der Waals surface area (Å²) in [4.78, 5) is 0. The molecule has 0 spiro atoms. The van der Waals surface area contributed by atoms with Gasteiger partial charge in [-0.2, -0.15) is 5.26 Å². The van der Waals surface area contributed by atoms with Gasteiger partial charge in [0.15, 0.2) is 0 Å². The minimum Gasteiger partial charge on any atom is -0.192 e. The zero-order valence-corrected chi connectivity index (χ0v) is 9.61. The molecule has 0 aromatic heterocycles. The van der Waals surface area contributed by atoms with Gasteiger partial charge in [-0.1, -0.05) is 30.7 Å². The average molecular weight is 219 g/mol. The Bertz CT molecular complexity index is 663. The van der Waals surface area contributed by atoms with Crippen molar-refractivity contribution in [3.05, 3.63) is 47.0 Å². The summed E-state index contributed by atoms with van der Waals surface area (Å²) >= 11 is 0. The smallest absolute Gasteiger partial charge is 0.0994 e. The number of nitriles is 1. The molecule has 1 nitrogen and oxygen atoms in total. The van der Waals surface area contributed by atoms with Gasteiger partial charge in [-0.05, 0) is 52.6 Å². The Kier molecular flexibility index (Phi) is 1.69. The van der Waals surface area contributed by atoms with Crippen LogP contribution in [0.3, 0.4) is 0 Å². The maximum absolute atomic E-state index is 9.30. The van der Waals surface area contributed by atoms with E-state index in [2.05, 4.69) is 30.3 Å². The van der Waals surface area contributed by atoms with Crippen molar-refractivity contribution in [1.82, 2.24) is 0 Å². The first-order valence-corrected chi connectivity index (χ1v) is 6.36. The number of rotatable bonds is 0. The third kappa shape index (κ3) is 1.03. The van der Waals surface area contributed by atoms with Gasteiger partial charge in [0.2, 0.25) is 0 Å². The first-order chi connectivity index (χ1) is 8.40. The molecule has 0 heterocycles. The zero-order valence-electron chi connectivity index (χ0n) is 9.61. The topological polar surface area (TPSA) is 23.8 Å². The summed E-state index contributed by atoms with van der Waals surface area (Å²) in [6, 6.07) is 13.1. The van der Waals surface area contributed by atoms with Crippen molar-refractivity contribution in [2.75, 3.05) is 0 Å². The minimum atomic E-state index is 0.616. The largest absolute Gasteiger partial charge is 0.192 e. The fourth-order valence-electron chi connectivity index (χ4n) is 3.91. The van der Waals surface area contributed by atoms with Crippen molar-refractivity contribution >= 4 is 10.8 Å². The lowest BCUT2D eigenvalue weighted by Gasteiger charge is -2.11. The molecule has 0 bridgehead atoms. The predicted molar refractivity (Wildman–Crippen MR) is 68.0 cm³/mol. The van der Waals surface area contributed by atoms with Crippen molar-refractivity contribution in [3.63, 3.8) is 0 Å². The summed E-state index contributed by atoms with van der Waals surface area (Å²) < 4.78 is 0. The molecule has 4 rings (SSSR count). The summed E-state index contributed by atoms with van der Waals surface area (Å²) in [6.07, 6.45) is 3.86. The van der Waals surface area contributed by atoms with Crippen LogP contribution in [0.1, 0.15) is 47.8 Å². The van der Waals surface area contributed by atoms with Gasteiger partial charge in [-0.15, -0.1) is 0 Å². The molecule has 2 atom stereocenters. The first-order valence-electron chi connectivity index (χ1n) is 6.36. The van der Waals surface area contributed by atoms with Crippen LogP contribution in [0.25, 0.3) is 10.8 Å². The second-order valence-corrected chi connectivity index (χ2v) is 5.23. The van der Waals surface area contributed by atoms with Crippen LogP contribution >= 0.6 is 0 Å². The molecule has 1 heteroatoms. The molecule has 0 aliphatic heterocycles. The summed E-state index contributed by atoms with van der Waals surface area (Å²) in [7, 11) is 0. The highest BCUT2D eigenvalue weighted by Crippen LogP contribution is 2.55. The van der Waals surface area contributed by atoms with Gasteiger partial charge >= 0.3 is 0 Å². The molecule has 0 radical (unpaired) electrons. The fraction of sp³-hybridized carbons (Fsp3) is 0.312. The molecule has 2 aliphatic rings. The van der Waals surface area contributed by atoms with E-state index in [0.717, 1.165) is 5.56 Å². The van der Waals surface area contributed by atoms with Gasteiger partial charge in [0.25, 0.3) is 0 Å². The monoisotopic (exact) mass is 219 g/mol. The van der Waals surface area contributed by atoms with Gasteiger partial charge in [-0.3, -0.25) is 0 Å². The van der Waals surface area contributed by atoms with E-state index in [1.165, 1.54) is 41.2 Å². The lowest BCUT2D eigenvalue weighted by Crippen LogP contribution is -1.97.